The third kappa shape index (κ3) is 4.51. The smallest absolute Gasteiger partial charge is 0.329 e. The van der Waals surface area contributed by atoms with Gasteiger partial charge in [-0.25, -0.2) is 4.79 Å². The van der Waals surface area contributed by atoms with Crippen molar-refractivity contribution >= 4 is 34.8 Å². The molecule has 1 aliphatic rings. The highest BCUT2D eigenvalue weighted by Gasteiger charge is 2.27. The second-order valence-corrected chi connectivity index (χ2v) is 9.69. The van der Waals surface area contributed by atoms with Crippen LogP contribution in [0.2, 0.25) is 0 Å². The maximum atomic E-state index is 12.8. The van der Waals surface area contributed by atoms with Gasteiger partial charge in [-0.2, -0.15) is 9.67 Å². The molecule has 14 heteroatoms. The quantitative estimate of drug-likeness (QED) is 0.250. The minimum atomic E-state index is -0.514. The number of nitrogens with one attached hydrogen (secondary N) is 1. The van der Waals surface area contributed by atoms with E-state index in [1.165, 1.54) is 16.3 Å². The lowest BCUT2D eigenvalue weighted by Crippen LogP contribution is -2.39. The summed E-state index contributed by atoms with van der Waals surface area (Å²) in [6.07, 6.45) is 1.93. The first-order valence-corrected chi connectivity index (χ1v) is 12.6. The molecule has 0 aliphatic carbocycles. The number of hydrogen-bond acceptors (Lipinski definition) is 9. The van der Waals surface area contributed by atoms with Crippen LogP contribution >= 0.6 is 11.8 Å². The average molecular weight is 511 g/mol. The zero-order chi connectivity index (χ0) is 25.2. The number of tetrazole rings is 1. The lowest BCUT2D eigenvalue weighted by Gasteiger charge is -2.31. The van der Waals surface area contributed by atoms with Crippen LogP contribution in [-0.4, -0.2) is 64.1 Å². The second-order valence-electron chi connectivity index (χ2n) is 8.63. The van der Waals surface area contributed by atoms with E-state index in [4.69, 9.17) is 5.73 Å². The molecule has 1 aliphatic heterocycles. The number of benzene rings is 1. The number of carbonyl (C=O) groups is 1. The van der Waals surface area contributed by atoms with E-state index in [1.807, 2.05) is 39.8 Å². The van der Waals surface area contributed by atoms with Crippen LogP contribution < -0.4 is 21.9 Å². The molecule has 1 fully saturated rings. The maximum absolute atomic E-state index is 12.8. The summed E-state index contributed by atoms with van der Waals surface area (Å²) in [5.41, 5.74) is 6.06. The number of para-hydroxylation sites is 1. The van der Waals surface area contributed by atoms with Crippen molar-refractivity contribution in [2.75, 3.05) is 23.7 Å². The summed E-state index contributed by atoms with van der Waals surface area (Å²) in [6.45, 7) is 1.68. The van der Waals surface area contributed by atoms with Crippen LogP contribution in [0.15, 0.2) is 45.1 Å². The summed E-state index contributed by atoms with van der Waals surface area (Å²) in [7, 11) is 1.58. The Labute approximate surface area is 209 Å². The molecule has 0 saturated carbocycles. The first kappa shape index (κ1) is 23.8. The number of anilines is 1. The number of carbonyl (C=O) groups excluding carboxylic acids is 1. The highest BCUT2D eigenvalue weighted by molar-refractivity contribution is 7.99. The summed E-state index contributed by atoms with van der Waals surface area (Å²) < 4.78 is 4.89. The Kier molecular flexibility index (Phi) is 6.59. The van der Waals surface area contributed by atoms with Crippen molar-refractivity contribution in [1.29, 1.82) is 0 Å². The zero-order valence-electron chi connectivity index (χ0n) is 19.7. The minimum absolute atomic E-state index is 0.168. The standard InChI is InChI=1S/C22H26N10O3S/c1-29-18-16(19(34)25-21(29)35)31(20(24-18)30-11-8-14(9-12-30)17(23)33)10-5-13-36-22-26-27-28-32(22)15-6-3-2-4-7-15/h2-4,6-7,14H,5,8-13H2,1H3,(H2,23,33)(H,25,34,35). The molecule has 3 aromatic heterocycles. The minimum Gasteiger partial charge on any atom is -0.369 e. The number of rotatable bonds is 8. The summed E-state index contributed by atoms with van der Waals surface area (Å²) in [4.78, 5) is 45.7. The SMILES string of the molecule is Cn1c(=O)[nH]c(=O)c2c1nc(N1CCC(C(N)=O)CC1)n2CCCSc1nnnn1-c1ccccc1. The van der Waals surface area contributed by atoms with Gasteiger partial charge in [0, 0.05) is 38.4 Å². The molecule has 188 valence electrons. The number of primary amides is 1. The molecule has 0 radical (unpaired) electrons. The van der Waals surface area contributed by atoms with Gasteiger partial charge in [-0.15, -0.1) is 5.10 Å². The molecule has 13 nitrogen and oxygen atoms in total. The predicted molar refractivity (Wildman–Crippen MR) is 134 cm³/mol. The normalized spacial score (nSPS) is 14.5. The van der Waals surface area contributed by atoms with Gasteiger partial charge in [0.25, 0.3) is 5.56 Å². The fourth-order valence-electron chi connectivity index (χ4n) is 4.43. The number of nitrogens with two attached hydrogens (primary N) is 1. The molecule has 5 rings (SSSR count). The van der Waals surface area contributed by atoms with Crippen LogP contribution in [-0.2, 0) is 18.4 Å². The lowest BCUT2D eigenvalue weighted by molar-refractivity contribution is -0.122. The van der Waals surface area contributed by atoms with Gasteiger partial charge in [-0.05, 0) is 41.8 Å². The van der Waals surface area contributed by atoms with Gasteiger partial charge in [0.2, 0.25) is 17.0 Å². The number of aromatic amines is 1. The molecule has 0 spiro atoms. The fourth-order valence-corrected chi connectivity index (χ4v) is 5.24. The van der Waals surface area contributed by atoms with Gasteiger partial charge < -0.3 is 15.2 Å². The topological polar surface area (TPSA) is 163 Å². The van der Waals surface area contributed by atoms with Crippen LogP contribution in [0, 0.1) is 5.92 Å². The summed E-state index contributed by atoms with van der Waals surface area (Å²) in [5, 5.41) is 12.7. The van der Waals surface area contributed by atoms with Crippen LogP contribution in [0.25, 0.3) is 16.9 Å². The first-order valence-electron chi connectivity index (χ1n) is 11.6. The van der Waals surface area contributed by atoms with E-state index in [0.717, 1.165) is 5.69 Å². The fraction of sp³-hybridized carbons (Fsp3) is 0.409. The van der Waals surface area contributed by atoms with Crippen molar-refractivity contribution in [3.8, 4) is 5.69 Å². The highest BCUT2D eigenvalue weighted by atomic mass is 32.2. The van der Waals surface area contributed by atoms with Gasteiger partial charge in [0.1, 0.15) is 0 Å². The molecule has 1 saturated heterocycles. The molecule has 3 N–H and O–H groups in total. The molecule has 0 bridgehead atoms. The number of fused-ring (bicyclic) bond motifs is 1. The van der Waals surface area contributed by atoms with E-state index in [-0.39, 0.29) is 11.8 Å². The number of nitrogens with zero attached hydrogens (tertiary/aromatic N) is 8. The van der Waals surface area contributed by atoms with Gasteiger partial charge in [0.15, 0.2) is 11.2 Å². The lowest BCUT2D eigenvalue weighted by atomic mass is 9.96. The Morgan fingerprint density at radius 1 is 1.19 bits per heavy atom. The number of piperidine rings is 1. The van der Waals surface area contributed by atoms with Gasteiger partial charge in [-0.3, -0.25) is 19.1 Å². The van der Waals surface area contributed by atoms with Gasteiger partial charge in [0.05, 0.1) is 5.69 Å². The molecule has 1 aromatic carbocycles. The number of aromatic nitrogens is 8. The first-order chi connectivity index (χ1) is 17.4. The summed E-state index contributed by atoms with van der Waals surface area (Å²) in [6, 6.07) is 9.65. The van der Waals surface area contributed by atoms with Crippen molar-refractivity contribution in [2.45, 2.75) is 31.0 Å². The molecule has 4 aromatic rings. The van der Waals surface area contributed by atoms with Gasteiger partial charge >= 0.3 is 5.69 Å². The Hall–Kier alpha value is -3.94. The number of imidazole rings is 1. The Morgan fingerprint density at radius 2 is 1.94 bits per heavy atom. The predicted octanol–water partition coefficient (Wildman–Crippen LogP) is 0.283. The number of hydrogen-bond donors (Lipinski definition) is 2. The molecular formula is C22H26N10O3S. The van der Waals surface area contributed by atoms with E-state index in [2.05, 4.69) is 25.5 Å². The molecule has 4 heterocycles. The molecule has 0 unspecified atom stereocenters. The molecule has 0 atom stereocenters. The van der Waals surface area contributed by atoms with Crippen LogP contribution in [0.3, 0.4) is 0 Å². The van der Waals surface area contributed by atoms with Crippen molar-refractivity contribution in [1.82, 2.24) is 39.3 Å². The highest BCUT2D eigenvalue weighted by Crippen LogP contribution is 2.26. The van der Waals surface area contributed by atoms with Gasteiger partial charge in [-0.1, -0.05) is 30.0 Å². The van der Waals surface area contributed by atoms with Crippen molar-refractivity contribution in [2.24, 2.45) is 18.7 Å². The third-order valence-electron chi connectivity index (χ3n) is 6.37. The van der Waals surface area contributed by atoms with E-state index in [1.54, 1.807) is 11.7 Å². The average Bonchev–Trinajstić information content (AvgIpc) is 3.51. The zero-order valence-corrected chi connectivity index (χ0v) is 20.5. The molecule has 36 heavy (non-hydrogen) atoms. The van der Waals surface area contributed by atoms with E-state index < -0.39 is 11.2 Å². The van der Waals surface area contributed by atoms with Crippen molar-refractivity contribution < 1.29 is 4.79 Å². The van der Waals surface area contributed by atoms with E-state index in [9.17, 15) is 14.4 Å². The number of thioether (sulfide) groups is 1. The van der Waals surface area contributed by atoms with Crippen LogP contribution in [0.4, 0.5) is 5.95 Å². The maximum Gasteiger partial charge on any atom is 0.329 e. The summed E-state index contributed by atoms with van der Waals surface area (Å²) >= 11 is 1.52. The van der Waals surface area contributed by atoms with E-state index in [0.29, 0.717) is 66.9 Å². The van der Waals surface area contributed by atoms with E-state index >= 15 is 0 Å². The van der Waals surface area contributed by atoms with Crippen molar-refractivity contribution in [3.63, 3.8) is 0 Å². The van der Waals surface area contributed by atoms with Crippen molar-refractivity contribution in [3.05, 3.63) is 51.2 Å². The summed E-state index contributed by atoms with van der Waals surface area (Å²) in [5.74, 6) is 0.842. The Morgan fingerprint density at radius 3 is 2.67 bits per heavy atom. The van der Waals surface area contributed by atoms with Crippen LogP contribution in [0.1, 0.15) is 19.3 Å². The Balaban J connectivity index is 1.37. The second kappa shape index (κ2) is 9.97. The third-order valence-corrected chi connectivity index (χ3v) is 7.37. The largest absolute Gasteiger partial charge is 0.369 e. The molecule has 1 amide bonds. The monoisotopic (exact) mass is 510 g/mol. The number of amides is 1. The van der Waals surface area contributed by atoms with Crippen LogP contribution in [0.5, 0.6) is 0 Å². The Bertz CT molecular complexity index is 1500. The number of H-pyrrole nitrogens is 1. The molecular weight excluding hydrogens is 484 g/mol. The number of aryl methyl sites for hydroxylation is 2.